The summed E-state index contributed by atoms with van der Waals surface area (Å²) in [6.07, 6.45) is -2.53. The topological polar surface area (TPSA) is 51.1 Å². The Morgan fingerprint density at radius 1 is 1.07 bits per heavy atom. The predicted molar refractivity (Wildman–Crippen MR) is 96.6 cm³/mol. The number of halogens is 3. The highest BCUT2D eigenvalue weighted by Crippen LogP contribution is 2.30. The zero-order valence-electron chi connectivity index (χ0n) is 14.5. The third kappa shape index (κ3) is 4.02. The molecule has 3 aromatic rings. The molecular weight excluding hydrogens is 357 g/mol. The molecule has 1 amide bonds. The molecule has 140 valence electrons. The van der Waals surface area contributed by atoms with Gasteiger partial charge in [-0.2, -0.15) is 13.2 Å². The number of nitrogens with zero attached hydrogens (tertiary/aromatic N) is 1. The van der Waals surface area contributed by atoms with Crippen molar-refractivity contribution < 1.29 is 22.8 Å². The van der Waals surface area contributed by atoms with Gasteiger partial charge in [-0.15, -0.1) is 0 Å². The van der Waals surface area contributed by atoms with E-state index in [0.29, 0.717) is 17.5 Å². The minimum atomic E-state index is -4.48. The van der Waals surface area contributed by atoms with Crippen molar-refractivity contribution in [1.29, 1.82) is 0 Å². The first-order valence-corrected chi connectivity index (χ1v) is 8.37. The molecule has 0 unspecified atom stereocenters. The second-order valence-electron chi connectivity index (χ2n) is 6.09. The molecule has 2 aromatic carbocycles. The number of aromatic nitrogens is 1. The lowest BCUT2D eigenvalue weighted by Gasteiger charge is -2.10. The number of carbonyl (C=O) groups excluding carboxylic acids is 2. The molecule has 0 atom stereocenters. The van der Waals surface area contributed by atoms with Crippen LogP contribution in [-0.2, 0) is 17.5 Å². The Hall–Kier alpha value is -3.09. The number of benzene rings is 2. The van der Waals surface area contributed by atoms with Crippen molar-refractivity contribution in [3.63, 3.8) is 0 Å². The average Bonchev–Trinajstić information content (AvgIpc) is 2.99. The fourth-order valence-corrected chi connectivity index (χ4v) is 2.92. The summed E-state index contributed by atoms with van der Waals surface area (Å²) in [7, 11) is 0. The number of hydrogen-bond donors (Lipinski definition) is 1. The van der Waals surface area contributed by atoms with Crippen LogP contribution in [0.5, 0.6) is 0 Å². The van der Waals surface area contributed by atoms with Gasteiger partial charge in [0.05, 0.1) is 5.56 Å². The van der Waals surface area contributed by atoms with Gasteiger partial charge < -0.3 is 9.88 Å². The number of fused-ring (bicyclic) bond motifs is 1. The van der Waals surface area contributed by atoms with Gasteiger partial charge in [0, 0.05) is 34.8 Å². The second kappa shape index (κ2) is 7.26. The monoisotopic (exact) mass is 374 g/mol. The van der Waals surface area contributed by atoms with Crippen LogP contribution in [-0.4, -0.2) is 16.3 Å². The molecule has 1 N–H and O–H groups in total. The summed E-state index contributed by atoms with van der Waals surface area (Å²) in [6.45, 7) is 1.64. The third-order valence-corrected chi connectivity index (χ3v) is 4.20. The molecule has 0 saturated carbocycles. The Morgan fingerprint density at radius 2 is 1.81 bits per heavy atom. The molecule has 0 aliphatic rings. The van der Waals surface area contributed by atoms with Crippen molar-refractivity contribution in [2.24, 2.45) is 0 Å². The van der Waals surface area contributed by atoms with Crippen LogP contribution in [0.2, 0.25) is 0 Å². The number of anilines is 1. The van der Waals surface area contributed by atoms with Gasteiger partial charge in [0.1, 0.15) is 6.54 Å². The standard InChI is InChI=1S/C20H17F3N2O2/c1-2-18(26)16-11-25(17-9-4-3-8-15(16)17)12-19(27)24-14-7-5-6-13(10-14)20(21,22)23/h3-11H,2,12H2,1H3,(H,24,27). The van der Waals surface area contributed by atoms with Crippen LogP contribution < -0.4 is 5.32 Å². The highest BCUT2D eigenvalue weighted by molar-refractivity contribution is 6.08. The van der Waals surface area contributed by atoms with Gasteiger partial charge in [0.2, 0.25) is 5.91 Å². The fourth-order valence-electron chi connectivity index (χ4n) is 2.92. The lowest BCUT2D eigenvalue weighted by molar-refractivity contribution is -0.137. The molecular formula is C20H17F3N2O2. The SMILES string of the molecule is CCC(=O)c1cn(CC(=O)Nc2cccc(C(F)(F)F)c2)c2ccccc12. The number of hydrogen-bond acceptors (Lipinski definition) is 2. The zero-order chi connectivity index (χ0) is 19.6. The van der Waals surface area contributed by atoms with Crippen LogP contribution in [0, 0.1) is 0 Å². The Morgan fingerprint density at radius 3 is 2.52 bits per heavy atom. The van der Waals surface area contributed by atoms with E-state index in [1.165, 1.54) is 12.1 Å². The molecule has 1 aromatic heterocycles. The van der Waals surface area contributed by atoms with Crippen molar-refractivity contribution in [2.45, 2.75) is 26.1 Å². The van der Waals surface area contributed by atoms with Gasteiger partial charge in [-0.1, -0.05) is 31.2 Å². The number of Topliss-reactive ketones (excluding diaryl/α,β-unsaturated/α-hetero) is 1. The molecule has 0 radical (unpaired) electrons. The Labute approximate surface area is 153 Å². The Balaban J connectivity index is 1.84. The van der Waals surface area contributed by atoms with Gasteiger partial charge in [-0.25, -0.2) is 0 Å². The maximum Gasteiger partial charge on any atom is 0.416 e. The number of carbonyl (C=O) groups is 2. The molecule has 7 heteroatoms. The smallest absolute Gasteiger partial charge is 0.337 e. The number of para-hydroxylation sites is 1. The van der Waals surface area contributed by atoms with E-state index in [-0.39, 0.29) is 18.0 Å². The molecule has 1 heterocycles. The number of amides is 1. The van der Waals surface area contributed by atoms with Crippen LogP contribution in [0.1, 0.15) is 29.3 Å². The second-order valence-corrected chi connectivity index (χ2v) is 6.09. The summed E-state index contributed by atoms with van der Waals surface area (Å²) < 4.78 is 40.0. The Kier molecular flexibility index (Phi) is 5.03. The van der Waals surface area contributed by atoms with Crippen LogP contribution in [0.4, 0.5) is 18.9 Å². The van der Waals surface area contributed by atoms with Crippen LogP contribution in [0.15, 0.2) is 54.7 Å². The zero-order valence-corrected chi connectivity index (χ0v) is 14.5. The minimum absolute atomic E-state index is 0.0387. The van der Waals surface area contributed by atoms with E-state index in [4.69, 9.17) is 0 Å². The summed E-state index contributed by atoms with van der Waals surface area (Å²) >= 11 is 0. The maximum atomic E-state index is 12.8. The van der Waals surface area contributed by atoms with Crippen molar-refractivity contribution in [1.82, 2.24) is 4.57 Å². The van der Waals surface area contributed by atoms with Crippen molar-refractivity contribution in [3.8, 4) is 0 Å². The van der Waals surface area contributed by atoms with E-state index in [9.17, 15) is 22.8 Å². The Bertz CT molecular complexity index is 1010. The molecule has 0 saturated heterocycles. The first kappa shape index (κ1) is 18.7. The number of rotatable bonds is 5. The van der Waals surface area contributed by atoms with Crippen molar-refractivity contribution in [2.75, 3.05) is 5.32 Å². The summed E-state index contributed by atoms with van der Waals surface area (Å²) in [5.74, 6) is -0.520. The van der Waals surface area contributed by atoms with E-state index in [2.05, 4.69) is 5.32 Å². The highest BCUT2D eigenvalue weighted by Gasteiger charge is 2.30. The molecule has 0 aliphatic heterocycles. The highest BCUT2D eigenvalue weighted by atomic mass is 19.4. The number of ketones is 1. The van der Waals surface area contributed by atoms with Crippen LogP contribution in [0.3, 0.4) is 0 Å². The summed E-state index contributed by atoms with van der Waals surface area (Å²) in [4.78, 5) is 24.5. The molecule has 0 spiro atoms. The maximum absolute atomic E-state index is 12.8. The van der Waals surface area contributed by atoms with E-state index in [1.54, 1.807) is 35.9 Å². The molecule has 0 aliphatic carbocycles. The average molecular weight is 374 g/mol. The summed E-state index contributed by atoms with van der Waals surface area (Å²) in [5, 5.41) is 3.22. The lowest BCUT2D eigenvalue weighted by atomic mass is 10.1. The van der Waals surface area contributed by atoms with Gasteiger partial charge in [0.25, 0.3) is 0 Å². The largest absolute Gasteiger partial charge is 0.416 e. The van der Waals surface area contributed by atoms with E-state index in [0.717, 1.165) is 17.5 Å². The van der Waals surface area contributed by atoms with Crippen LogP contribution in [0.25, 0.3) is 10.9 Å². The first-order valence-electron chi connectivity index (χ1n) is 8.37. The minimum Gasteiger partial charge on any atom is -0.337 e. The molecule has 0 bridgehead atoms. The lowest BCUT2D eigenvalue weighted by Crippen LogP contribution is -2.18. The first-order chi connectivity index (χ1) is 12.8. The molecule has 27 heavy (non-hydrogen) atoms. The molecule has 4 nitrogen and oxygen atoms in total. The number of alkyl halides is 3. The predicted octanol–water partition coefficient (Wildman–Crippen LogP) is 4.89. The molecule has 3 rings (SSSR count). The van der Waals surface area contributed by atoms with Crippen LogP contribution >= 0.6 is 0 Å². The van der Waals surface area contributed by atoms with E-state index in [1.807, 2.05) is 6.07 Å². The van der Waals surface area contributed by atoms with E-state index < -0.39 is 17.6 Å². The van der Waals surface area contributed by atoms with Gasteiger partial charge in [-0.05, 0) is 24.3 Å². The quantitative estimate of drug-likeness (QED) is 0.647. The van der Waals surface area contributed by atoms with Crippen molar-refractivity contribution in [3.05, 3.63) is 65.9 Å². The summed E-state index contributed by atoms with van der Waals surface area (Å²) in [6, 6.07) is 11.7. The fraction of sp³-hybridized carbons (Fsp3) is 0.200. The normalized spacial score (nSPS) is 11.6. The molecule has 0 fully saturated rings. The van der Waals surface area contributed by atoms with Crippen molar-refractivity contribution >= 4 is 28.3 Å². The van der Waals surface area contributed by atoms with Gasteiger partial charge >= 0.3 is 6.18 Å². The van der Waals surface area contributed by atoms with Gasteiger partial charge in [0.15, 0.2) is 5.78 Å². The summed E-state index contributed by atoms with van der Waals surface area (Å²) in [5.41, 5.74) is 0.479. The van der Waals surface area contributed by atoms with Gasteiger partial charge in [-0.3, -0.25) is 9.59 Å². The third-order valence-electron chi connectivity index (χ3n) is 4.20. The van der Waals surface area contributed by atoms with E-state index >= 15 is 0 Å². The number of nitrogens with one attached hydrogen (secondary N) is 1.